The number of aliphatic hydroxyl groups is 1. The second-order valence-electron chi connectivity index (χ2n) is 7.22. The summed E-state index contributed by atoms with van der Waals surface area (Å²) in [4.78, 5) is 1.49. The molecule has 0 atom stereocenters. The van der Waals surface area contributed by atoms with E-state index in [1.807, 2.05) is 37.3 Å². The molecule has 5 heteroatoms. The Hall–Kier alpha value is -2.40. The molecule has 3 aromatic rings. The van der Waals surface area contributed by atoms with Crippen molar-refractivity contribution in [3.63, 3.8) is 0 Å². The van der Waals surface area contributed by atoms with Gasteiger partial charge in [-0.05, 0) is 48.1 Å². The van der Waals surface area contributed by atoms with Crippen molar-refractivity contribution >= 4 is 11.0 Å². The molecule has 0 unspecified atom stereocenters. The number of rotatable bonds is 3. The predicted molar refractivity (Wildman–Crippen MR) is 94.8 cm³/mol. The van der Waals surface area contributed by atoms with Crippen LogP contribution in [0.4, 0.5) is 0 Å². The first kappa shape index (κ1) is 16.5. The molecular weight excluding hydrogens is 302 g/mol. The Kier molecular flexibility index (Phi) is 4.05. The molecule has 0 aliphatic heterocycles. The molecule has 0 saturated carbocycles. The third-order valence-corrected chi connectivity index (χ3v) is 4.10. The smallest absolute Gasteiger partial charge is 0.146 e. The van der Waals surface area contributed by atoms with Gasteiger partial charge in [-0.25, -0.2) is 0 Å². The van der Waals surface area contributed by atoms with E-state index in [2.05, 4.69) is 31.0 Å². The molecule has 0 saturated heterocycles. The number of nitrogens with zero attached hydrogens (tertiary/aromatic N) is 3. The van der Waals surface area contributed by atoms with Crippen molar-refractivity contribution in [2.45, 2.75) is 39.5 Å². The highest BCUT2D eigenvalue weighted by Gasteiger charge is 2.22. The highest BCUT2D eigenvalue weighted by atomic mass is 16.3. The molecule has 126 valence electrons. The monoisotopic (exact) mass is 325 g/mol. The first-order chi connectivity index (χ1) is 11.3. The van der Waals surface area contributed by atoms with E-state index in [1.54, 1.807) is 0 Å². The van der Waals surface area contributed by atoms with Crippen LogP contribution in [0.25, 0.3) is 16.7 Å². The molecule has 2 N–H and O–H groups in total. The fourth-order valence-electron chi connectivity index (χ4n) is 2.84. The van der Waals surface area contributed by atoms with Gasteiger partial charge in [0.1, 0.15) is 22.5 Å². The summed E-state index contributed by atoms with van der Waals surface area (Å²) in [6.07, 6.45) is 0.590. The number of hydrogen-bond acceptors (Lipinski definition) is 4. The lowest BCUT2D eigenvalue weighted by molar-refractivity contribution is 0.299. The Morgan fingerprint density at radius 1 is 1.04 bits per heavy atom. The Labute approximate surface area is 141 Å². The molecule has 1 heterocycles. The lowest BCUT2D eigenvalue weighted by Gasteiger charge is -2.22. The first-order valence-electron chi connectivity index (χ1n) is 8.11. The predicted octanol–water partition coefficient (Wildman–Crippen LogP) is 3.27. The van der Waals surface area contributed by atoms with Gasteiger partial charge in [0.2, 0.25) is 0 Å². The van der Waals surface area contributed by atoms with Gasteiger partial charge in [-0.3, -0.25) is 0 Å². The van der Waals surface area contributed by atoms with Crippen LogP contribution in [0.15, 0.2) is 30.3 Å². The van der Waals surface area contributed by atoms with Gasteiger partial charge in [0.15, 0.2) is 0 Å². The third kappa shape index (κ3) is 2.99. The van der Waals surface area contributed by atoms with Gasteiger partial charge in [-0.15, -0.1) is 15.0 Å². The van der Waals surface area contributed by atoms with Crippen molar-refractivity contribution in [1.82, 2.24) is 15.0 Å². The molecule has 3 rings (SSSR count). The SMILES string of the molecule is Cc1cc(-n2nc3ccc(CCO)cc3n2)c(O)c(C(C)(C)C)c1. The highest BCUT2D eigenvalue weighted by molar-refractivity contribution is 5.75. The number of fused-ring (bicyclic) bond motifs is 1. The van der Waals surface area contributed by atoms with E-state index in [1.165, 1.54) is 4.80 Å². The quantitative estimate of drug-likeness (QED) is 0.775. The maximum Gasteiger partial charge on any atom is 0.146 e. The average Bonchev–Trinajstić information content (AvgIpc) is 2.91. The molecule has 0 bridgehead atoms. The minimum Gasteiger partial charge on any atom is -0.505 e. The van der Waals surface area contributed by atoms with Crippen molar-refractivity contribution in [3.05, 3.63) is 47.0 Å². The van der Waals surface area contributed by atoms with Crippen LogP contribution in [0.5, 0.6) is 5.75 Å². The second-order valence-corrected chi connectivity index (χ2v) is 7.22. The van der Waals surface area contributed by atoms with E-state index in [0.717, 1.165) is 27.7 Å². The number of aromatic hydroxyl groups is 1. The van der Waals surface area contributed by atoms with Crippen LogP contribution in [0.1, 0.15) is 37.5 Å². The van der Waals surface area contributed by atoms with E-state index in [-0.39, 0.29) is 17.8 Å². The summed E-state index contributed by atoms with van der Waals surface area (Å²) in [5.74, 6) is 0.212. The molecule has 0 spiro atoms. The van der Waals surface area contributed by atoms with E-state index >= 15 is 0 Å². The summed E-state index contributed by atoms with van der Waals surface area (Å²) < 4.78 is 0. The normalized spacial score (nSPS) is 12.0. The minimum absolute atomic E-state index is 0.104. The zero-order valence-electron chi connectivity index (χ0n) is 14.5. The molecule has 0 aliphatic carbocycles. The Balaban J connectivity index is 2.15. The molecule has 0 fully saturated rings. The number of aromatic nitrogens is 3. The maximum absolute atomic E-state index is 10.7. The van der Waals surface area contributed by atoms with Gasteiger partial charge in [-0.2, -0.15) is 0 Å². The molecule has 2 aromatic carbocycles. The summed E-state index contributed by atoms with van der Waals surface area (Å²) in [5, 5.41) is 28.8. The van der Waals surface area contributed by atoms with Gasteiger partial charge < -0.3 is 10.2 Å². The topological polar surface area (TPSA) is 71.2 Å². The Bertz CT molecular complexity index is 891. The number of phenols is 1. The van der Waals surface area contributed by atoms with Gasteiger partial charge in [0.05, 0.1) is 0 Å². The van der Waals surface area contributed by atoms with Crippen molar-refractivity contribution in [2.24, 2.45) is 0 Å². The highest BCUT2D eigenvalue weighted by Crippen LogP contribution is 2.36. The molecule has 0 amide bonds. The maximum atomic E-state index is 10.7. The van der Waals surface area contributed by atoms with Crippen LogP contribution in [0.3, 0.4) is 0 Å². The number of benzene rings is 2. The summed E-state index contributed by atoms with van der Waals surface area (Å²) >= 11 is 0. The third-order valence-electron chi connectivity index (χ3n) is 4.10. The largest absolute Gasteiger partial charge is 0.505 e. The van der Waals surface area contributed by atoms with Crippen LogP contribution in [-0.2, 0) is 11.8 Å². The minimum atomic E-state index is -0.175. The second kappa shape index (κ2) is 5.91. The van der Waals surface area contributed by atoms with Crippen LogP contribution in [0.2, 0.25) is 0 Å². The summed E-state index contributed by atoms with van der Waals surface area (Å²) in [7, 11) is 0. The van der Waals surface area contributed by atoms with Crippen molar-refractivity contribution in [2.75, 3.05) is 6.61 Å². The zero-order chi connectivity index (χ0) is 17.5. The fraction of sp³-hybridized carbons (Fsp3) is 0.368. The van der Waals surface area contributed by atoms with Crippen LogP contribution >= 0.6 is 0 Å². The summed E-state index contributed by atoms with van der Waals surface area (Å²) in [6, 6.07) is 9.64. The summed E-state index contributed by atoms with van der Waals surface area (Å²) in [5.41, 5.74) is 4.86. The van der Waals surface area contributed by atoms with E-state index < -0.39 is 0 Å². The Morgan fingerprint density at radius 3 is 2.42 bits per heavy atom. The van der Waals surface area contributed by atoms with E-state index in [4.69, 9.17) is 5.11 Å². The number of hydrogen-bond donors (Lipinski definition) is 2. The van der Waals surface area contributed by atoms with Gasteiger partial charge in [-0.1, -0.05) is 32.9 Å². The van der Waals surface area contributed by atoms with Crippen molar-refractivity contribution in [1.29, 1.82) is 0 Å². The Morgan fingerprint density at radius 2 is 1.75 bits per heavy atom. The van der Waals surface area contributed by atoms with Gasteiger partial charge in [0, 0.05) is 12.2 Å². The molecule has 1 aromatic heterocycles. The van der Waals surface area contributed by atoms with E-state index in [0.29, 0.717) is 12.1 Å². The van der Waals surface area contributed by atoms with Crippen LogP contribution in [-0.4, -0.2) is 31.8 Å². The fourth-order valence-corrected chi connectivity index (χ4v) is 2.84. The zero-order valence-corrected chi connectivity index (χ0v) is 14.5. The summed E-state index contributed by atoms with van der Waals surface area (Å²) in [6.45, 7) is 8.31. The van der Waals surface area contributed by atoms with Crippen molar-refractivity contribution < 1.29 is 10.2 Å². The average molecular weight is 325 g/mol. The molecule has 5 nitrogen and oxygen atoms in total. The van der Waals surface area contributed by atoms with E-state index in [9.17, 15) is 5.11 Å². The van der Waals surface area contributed by atoms with Crippen molar-refractivity contribution in [3.8, 4) is 11.4 Å². The lowest BCUT2D eigenvalue weighted by Crippen LogP contribution is -2.13. The van der Waals surface area contributed by atoms with Crippen LogP contribution < -0.4 is 0 Å². The van der Waals surface area contributed by atoms with Crippen LogP contribution in [0, 0.1) is 6.92 Å². The lowest BCUT2D eigenvalue weighted by atomic mass is 9.85. The number of phenolic OH excluding ortho intramolecular Hbond substituents is 1. The molecular formula is C19H23N3O2. The first-order valence-corrected chi connectivity index (χ1v) is 8.11. The van der Waals surface area contributed by atoms with Gasteiger partial charge >= 0.3 is 0 Å². The molecule has 0 aliphatic rings. The standard InChI is InChI=1S/C19H23N3O2/c1-12-9-14(19(2,3)4)18(24)17(10-12)22-20-15-6-5-13(7-8-23)11-16(15)21-22/h5-6,9-11,23-24H,7-8H2,1-4H3. The van der Waals surface area contributed by atoms with Gasteiger partial charge in [0.25, 0.3) is 0 Å². The molecule has 0 radical (unpaired) electrons. The number of aliphatic hydroxyl groups excluding tert-OH is 1. The number of aryl methyl sites for hydroxylation is 1. The molecule has 24 heavy (non-hydrogen) atoms.